The van der Waals surface area contributed by atoms with Crippen LogP contribution >= 0.6 is 0 Å². The molecule has 80 valence electrons. The van der Waals surface area contributed by atoms with E-state index in [1.54, 1.807) is 0 Å². The highest BCUT2D eigenvalue weighted by Crippen LogP contribution is 2.41. The van der Waals surface area contributed by atoms with Gasteiger partial charge in [0.25, 0.3) is 0 Å². The zero-order valence-corrected chi connectivity index (χ0v) is 9.72. The Morgan fingerprint density at radius 2 is 1.93 bits per heavy atom. The van der Waals surface area contributed by atoms with E-state index in [0.29, 0.717) is 5.92 Å². The summed E-state index contributed by atoms with van der Waals surface area (Å²) in [5.41, 5.74) is 3.04. The van der Waals surface area contributed by atoms with Gasteiger partial charge in [-0.1, -0.05) is 26.0 Å². The van der Waals surface area contributed by atoms with Crippen molar-refractivity contribution in [3.8, 4) is 0 Å². The van der Waals surface area contributed by atoms with E-state index in [1.165, 1.54) is 11.1 Å². The van der Waals surface area contributed by atoms with Gasteiger partial charge in [-0.05, 0) is 37.0 Å². The summed E-state index contributed by atoms with van der Waals surface area (Å²) in [5, 5.41) is 2.94. The maximum absolute atomic E-state index is 11.8. The van der Waals surface area contributed by atoms with E-state index in [2.05, 4.69) is 25.2 Å². The second kappa shape index (κ2) is 3.09. The number of benzene rings is 1. The zero-order chi connectivity index (χ0) is 11.2. The monoisotopic (exact) mass is 203 g/mol. The van der Waals surface area contributed by atoms with Crippen molar-refractivity contribution in [3.05, 3.63) is 29.3 Å². The van der Waals surface area contributed by atoms with Gasteiger partial charge < -0.3 is 5.32 Å². The summed E-state index contributed by atoms with van der Waals surface area (Å²) < 4.78 is 0. The van der Waals surface area contributed by atoms with Gasteiger partial charge in [-0.2, -0.15) is 0 Å². The molecule has 0 aliphatic carbocycles. The highest BCUT2D eigenvalue weighted by Gasteiger charge is 2.40. The fraction of sp³-hybridized carbons (Fsp3) is 0.462. The van der Waals surface area contributed by atoms with Crippen molar-refractivity contribution in [2.75, 3.05) is 5.32 Å². The van der Waals surface area contributed by atoms with Gasteiger partial charge in [0.05, 0.1) is 5.41 Å². The maximum atomic E-state index is 11.8. The SMILES string of the molecule is CC(C)c1cccc2c1C(C)(C)C(=O)N2. The predicted molar refractivity (Wildman–Crippen MR) is 62.2 cm³/mol. The molecule has 1 aliphatic rings. The first-order chi connectivity index (χ1) is 6.94. The predicted octanol–water partition coefficient (Wildman–Crippen LogP) is 3.04. The number of hydrogen-bond donors (Lipinski definition) is 1. The number of fused-ring (bicyclic) bond motifs is 1. The molecule has 0 saturated heterocycles. The lowest BCUT2D eigenvalue weighted by molar-refractivity contribution is -0.119. The Morgan fingerprint density at radius 3 is 2.53 bits per heavy atom. The highest BCUT2D eigenvalue weighted by atomic mass is 16.2. The molecule has 0 aromatic heterocycles. The van der Waals surface area contributed by atoms with Crippen LogP contribution in [0.5, 0.6) is 0 Å². The first kappa shape index (κ1) is 10.2. The molecule has 0 unspecified atom stereocenters. The number of carbonyl (C=O) groups is 1. The average Bonchev–Trinajstić information content (AvgIpc) is 2.38. The lowest BCUT2D eigenvalue weighted by atomic mass is 9.80. The van der Waals surface area contributed by atoms with Gasteiger partial charge >= 0.3 is 0 Å². The Bertz CT molecular complexity index is 419. The second-order valence-electron chi connectivity index (χ2n) is 5.00. The molecule has 1 N–H and O–H groups in total. The van der Waals surface area contributed by atoms with E-state index in [-0.39, 0.29) is 5.91 Å². The van der Waals surface area contributed by atoms with E-state index in [9.17, 15) is 4.79 Å². The van der Waals surface area contributed by atoms with Crippen molar-refractivity contribution in [2.24, 2.45) is 0 Å². The van der Waals surface area contributed by atoms with Gasteiger partial charge in [0, 0.05) is 5.69 Å². The third-order valence-corrected chi connectivity index (χ3v) is 3.16. The Morgan fingerprint density at radius 1 is 1.27 bits per heavy atom. The number of carbonyl (C=O) groups excluding carboxylic acids is 1. The van der Waals surface area contributed by atoms with Crippen LogP contribution in [0.2, 0.25) is 0 Å². The molecule has 1 aliphatic heterocycles. The van der Waals surface area contributed by atoms with Crippen molar-refractivity contribution in [1.29, 1.82) is 0 Å². The fourth-order valence-corrected chi connectivity index (χ4v) is 2.25. The molecule has 15 heavy (non-hydrogen) atoms. The second-order valence-corrected chi connectivity index (χ2v) is 5.00. The Balaban J connectivity index is 2.67. The molecule has 0 fully saturated rings. The van der Waals surface area contributed by atoms with Crippen LogP contribution in [0.3, 0.4) is 0 Å². The minimum atomic E-state index is -0.393. The largest absolute Gasteiger partial charge is 0.325 e. The standard InChI is InChI=1S/C13H17NO/c1-8(2)9-6-5-7-10-11(9)13(3,4)12(15)14-10/h5-8H,1-4H3,(H,14,15). The third-order valence-electron chi connectivity index (χ3n) is 3.16. The molecule has 0 spiro atoms. The normalized spacial score (nSPS) is 17.8. The molecule has 1 aromatic carbocycles. The van der Waals surface area contributed by atoms with Crippen LogP contribution in [0.1, 0.15) is 44.7 Å². The molecule has 0 saturated carbocycles. The molecule has 2 heteroatoms. The first-order valence-electron chi connectivity index (χ1n) is 5.39. The first-order valence-corrected chi connectivity index (χ1v) is 5.39. The van der Waals surface area contributed by atoms with Crippen LogP contribution in [0, 0.1) is 0 Å². The lowest BCUT2D eigenvalue weighted by Gasteiger charge is -2.20. The van der Waals surface area contributed by atoms with Gasteiger partial charge in [-0.3, -0.25) is 4.79 Å². The van der Waals surface area contributed by atoms with Gasteiger partial charge in [-0.15, -0.1) is 0 Å². The Hall–Kier alpha value is -1.31. The molecule has 2 nitrogen and oxygen atoms in total. The minimum Gasteiger partial charge on any atom is -0.325 e. The number of nitrogens with one attached hydrogen (secondary N) is 1. The molecule has 1 aromatic rings. The molecule has 1 amide bonds. The molecule has 1 heterocycles. The van der Waals surface area contributed by atoms with Crippen LogP contribution < -0.4 is 5.32 Å². The quantitative estimate of drug-likeness (QED) is 0.746. The zero-order valence-electron chi connectivity index (χ0n) is 9.72. The Kier molecular flexibility index (Phi) is 2.10. The summed E-state index contributed by atoms with van der Waals surface area (Å²) in [5.74, 6) is 0.553. The summed E-state index contributed by atoms with van der Waals surface area (Å²) in [6, 6.07) is 6.11. The van der Waals surface area contributed by atoms with E-state index < -0.39 is 5.41 Å². The van der Waals surface area contributed by atoms with Crippen LogP contribution in [-0.4, -0.2) is 5.91 Å². The van der Waals surface area contributed by atoms with Gasteiger partial charge in [-0.25, -0.2) is 0 Å². The summed E-state index contributed by atoms with van der Waals surface area (Å²) >= 11 is 0. The summed E-state index contributed by atoms with van der Waals surface area (Å²) in [6.45, 7) is 8.29. The van der Waals surface area contributed by atoms with Crippen molar-refractivity contribution >= 4 is 11.6 Å². The van der Waals surface area contributed by atoms with Crippen LogP contribution in [0.15, 0.2) is 18.2 Å². The van der Waals surface area contributed by atoms with E-state index in [1.807, 2.05) is 26.0 Å². The van der Waals surface area contributed by atoms with Gasteiger partial charge in [0.2, 0.25) is 5.91 Å². The lowest BCUT2D eigenvalue weighted by Crippen LogP contribution is -2.27. The Labute approximate surface area is 90.7 Å². The molecular weight excluding hydrogens is 186 g/mol. The molecule has 2 rings (SSSR count). The molecular formula is C13H17NO. The van der Waals surface area contributed by atoms with Gasteiger partial charge in [0.1, 0.15) is 0 Å². The number of anilines is 1. The minimum absolute atomic E-state index is 0.102. The molecule has 0 radical (unpaired) electrons. The van der Waals surface area contributed by atoms with Crippen molar-refractivity contribution in [3.63, 3.8) is 0 Å². The third kappa shape index (κ3) is 1.36. The fourth-order valence-electron chi connectivity index (χ4n) is 2.25. The highest BCUT2D eigenvalue weighted by molar-refractivity contribution is 6.06. The van der Waals surface area contributed by atoms with E-state index in [4.69, 9.17) is 0 Å². The van der Waals surface area contributed by atoms with Gasteiger partial charge in [0.15, 0.2) is 0 Å². The number of amides is 1. The van der Waals surface area contributed by atoms with Crippen LogP contribution in [0.4, 0.5) is 5.69 Å². The van der Waals surface area contributed by atoms with Crippen molar-refractivity contribution < 1.29 is 4.79 Å². The number of rotatable bonds is 1. The van der Waals surface area contributed by atoms with E-state index in [0.717, 1.165) is 5.69 Å². The average molecular weight is 203 g/mol. The van der Waals surface area contributed by atoms with E-state index >= 15 is 0 Å². The number of hydrogen-bond acceptors (Lipinski definition) is 1. The maximum Gasteiger partial charge on any atom is 0.234 e. The van der Waals surface area contributed by atoms with Crippen molar-refractivity contribution in [2.45, 2.75) is 39.0 Å². The van der Waals surface area contributed by atoms with Crippen molar-refractivity contribution in [1.82, 2.24) is 0 Å². The topological polar surface area (TPSA) is 29.1 Å². The molecule has 0 atom stereocenters. The van der Waals surface area contributed by atoms with Crippen LogP contribution in [-0.2, 0) is 10.2 Å². The summed E-state index contributed by atoms with van der Waals surface area (Å²) in [7, 11) is 0. The summed E-state index contributed by atoms with van der Waals surface area (Å²) in [6.07, 6.45) is 0. The summed E-state index contributed by atoms with van der Waals surface area (Å²) in [4.78, 5) is 11.8. The molecule has 0 bridgehead atoms. The van der Waals surface area contributed by atoms with Crippen LogP contribution in [0.25, 0.3) is 0 Å². The smallest absolute Gasteiger partial charge is 0.234 e.